The number of nitrogens with zero attached hydrogens (tertiary/aromatic N) is 3. The van der Waals surface area contributed by atoms with Crippen LogP contribution in [0.1, 0.15) is 6.42 Å². The van der Waals surface area contributed by atoms with Crippen LogP contribution in [0, 0.1) is 0 Å². The number of benzene rings is 1. The molecule has 0 saturated carbocycles. The van der Waals surface area contributed by atoms with E-state index in [0.717, 1.165) is 0 Å². The number of halogens is 1. The summed E-state index contributed by atoms with van der Waals surface area (Å²) in [5.41, 5.74) is 8.68. The summed E-state index contributed by atoms with van der Waals surface area (Å²) in [5.74, 6) is 0.648. The van der Waals surface area contributed by atoms with Crippen molar-refractivity contribution in [2.45, 2.75) is 6.42 Å². The number of ether oxygens (including phenoxy) is 1. The fraction of sp³-hybridized carbons (Fsp3) is 0.333. The summed E-state index contributed by atoms with van der Waals surface area (Å²) < 4.78 is 16.9. The molecule has 0 aliphatic rings. The van der Waals surface area contributed by atoms with Gasteiger partial charge < -0.3 is 4.74 Å². The number of azide groups is 1. The quantitative estimate of drug-likeness (QED) is 0.307. The van der Waals surface area contributed by atoms with E-state index < -0.39 is 0 Å². The predicted molar refractivity (Wildman–Crippen MR) is 51.3 cm³/mol. The van der Waals surface area contributed by atoms with Crippen LogP contribution in [0.25, 0.3) is 10.4 Å². The van der Waals surface area contributed by atoms with Gasteiger partial charge in [-0.05, 0) is 29.8 Å². The minimum Gasteiger partial charge on any atom is -0.494 e. The van der Waals surface area contributed by atoms with Crippen LogP contribution in [0.15, 0.2) is 29.4 Å². The van der Waals surface area contributed by atoms with Crippen molar-refractivity contribution in [2.75, 3.05) is 13.3 Å². The highest BCUT2D eigenvalue weighted by molar-refractivity contribution is 5.40. The maximum atomic E-state index is 11.7. The van der Waals surface area contributed by atoms with Crippen LogP contribution in [0.2, 0.25) is 0 Å². The lowest BCUT2D eigenvalue weighted by molar-refractivity contribution is 0.289. The summed E-state index contributed by atoms with van der Waals surface area (Å²) in [6.45, 7) is -0.0197. The Morgan fingerprint density at radius 2 is 2.07 bits per heavy atom. The standard InChI is InChI=1S/C9H10FN3O/c10-6-1-7-14-9-4-2-8(3-5-9)12-13-11/h2-5H,1,6-7H2/i10-1. The van der Waals surface area contributed by atoms with E-state index in [2.05, 4.69) is 10.0 Å². The third-order valence-corrected chi connectivity index (χ3v) is 1.54. The van der Waals surface area contributed by atoms with Gasteiger partial charge in [0.25, 0.3) is 0 Å². The summed E-state index contributed by atoms with van der Waals surface area (Å²) in [4.78, 5) is 2.65. The fourth-order valence-electron chi connectivity index (χ4n) is 0.905. The molecule has 0 N–H and O–H groups in total. The van der Waals surface area contributed by atoms with Gasteiger partial charge in [-0.15, -0.1) is 0 Å². The minimum atomic E-state index is -0.378. The third-order valence-electron chi connectivity index (χ3n) is 1.54. The average Bonchev–Trinajstić information content (AvgIpc) is 2.21. The van der Waals surface area contributed by atoms with Crippen molar-refractivity contribution < 1.29 is 9.13 Å². The van der Waals surface area contributed by atoms with Gasteiger partial charge in [-0.25, -0.2) is 0 Å². The van der Waals surface area contributed by atoms with Crippen LogP contribution >= 0.6 is 0 Å². The molecule has 0 saturated heterocycles. The highest BCUT2D eigenvalue weighted by atomic mass is 18.2. The van der Waals surface area contributed by atoms with Gasteiger partial charge in [-0.3, -0.25) is 4.39 Å². The first-order valence-corrected chi connectivity index (χ1v) is 4.21. The first-order chi connectivity index (χ1) is 6.86. The van der Waals surface area contributed by atoms with Crippen molar-refractivity contribution in [1.29, 1.82) is 0 Å². The van der Waals surface area contributed by atoms with Gasteiger partial charge in [0.15, 0.2) is 0 Å². The monoisotopic (exact) mass is 194 g/mol. The summed E-state index contributed by atoms with van der Waals surface area (Å²) in [6, 6.07) is 6.65. The lowest BCUT2D eigenvalue weighted by Gasteiger charge is -2.03. The number of alkyl halides is 1. The molecule has 0 spiro atoms. The van der Waals surface area contributed by atoms with Crippen LogP contribution in [-0.4, -0.2) is 13.3 Å². The Hall–Kier alpha value is -1.74. The largest absolute Gasteiger partial charge is 0.494 e. The second kappa shape index (κ2) is 5.83. The molecule has 0 aliphatic carbocycles. The normalized spacial score (nSPS) is 9.21. The summed E-state index contributed by atoms with van der Waals surface area (Å²) in [6.07, 6.45) is 0.387. The zero-order valence-electron chi connectivity index (χ0n) is 7.56. The Kier molecular flexibility index (Phi) is 4.31. The smallest absolute Gasteiger partial charge is 0.119 e. The maximum Gasteiger partial charge on any atom is 0.119 e. The third kappa shape index (κ3) is 3.33. The maximum absolute atomic E-state index is 11.7. The molecular weight excluding hydrogens is 184 g/mol. The highest BCUT2D eigenvalue weighted by Crippen LogP contribution is 2.18. The lowest BCUT2D eigenvalue weighted by atomic mass is 10.3. The molecule has 14 heavy (non-hydrogen) atoms. The van der Waals surface area contributed by atoms with Crippen LogP contribution in [-0.2, 0) is 0 Å². The first kappa shape index (κ1) is 10.3. The van der Waals surface area contributed by atoms with E-state index in [-0.39, 0.29) is 6.67 Å². The Bertz CT molecular complexity index is 319. The molecule has 0 radical (unpaired) electrons. The molecule has 0 aliphatic heterocycles. The van der Waals surface area contributed by atoms with Crippen molar-refractivity contribution in [3.63, 3.8) is 0 Å². The van der Waals surface area contributed by atoms with Gasteiger partial charge in [0.05, 0.1) is 13.3 Å². The van der Waals surface area contributed by atoms with E-state index in [1.165, 1.54) is 0 Å². The molecule has 1 aromatic carbocycles. The van der Waals surface area contributed by atoms with Gasteiger partial charge in [-0.1, -0.05) is 5.11 Å². The van der Waals surface area contributed by atoms with Crippen molar-refractivity contribution in [3.8, 4) is 5.75 Å². The van der Waals surface area contributed by atoms with Crippen molar-refractivity contribution in [1.82, 2.24) is 0 Å². The molecule has 0 unspecified atom stereocenters. The van der Waals surface area contributed by atoms with E-state index in [9.17, 15) is 4.39 Å². The van der Waals surface area contributed by atoms with Crippen LogP contribution in [0.4, 0.5) is 10.1 Å². The van der Waals surface area contributed by atoms with Crippen LogP contribution < -0.4 is 4.74 Å². The average molecular weight is 194 g/mol. The lowest BCUT2D eigenvalue weighted by Crippen LogP contribution is -1.97. The minimum absolute atomic E-state index is 0.358. The molecule has 0 atom stereocenters. The van der Waals surface area contributed by atoms with Gasteiger partial charge >= 0.3 is 0 Å². The van der Waals surface area contributed by atoms with Crippen molar-refractivity contribution >= 4 is 5.69 Å². The van der Waals surface area contributed by atoms with Crippen LogP contribution in [0.3, 0.4) is 0 Å². The van der Waals surface area contributed by atoms with Crippen molar-refractivity contribution in [2.24, 2.45) is 5.11 Å². The van der Waals surface area contributed by atoms with E-state index in [1.807, 2.05) is 0 Å². The summed E-state index contributed by atoms with van der Waals surface area (Å²) in [5, 5.41) is 3.41. The molecule has 0 heterocycles. The number of rotatable bonds is 5. The van der Waals surface area contributed by atoms with E-state index in [1.54, 1.807) is 24.3 Å². The predicted octanol–water partition coefficient (Wildman–Crippen LogP) is 3.37. The van der Waals surface area contributed by atoms with Gasteiger partial charge in [0.2, 0.25) is 0 Å². The fourth-order valence-corrected chi connectivity index (χ4v) is 0.905. The molecule has 1 aromatic rings. The number of hydrogen-bond donors (Lipinski definition) is 0. The highest BCUT2D eigenvalue weighted by Gasteiger charge is 1.93. The Balaban J connectivity index is 2.50. The second-order valence-corrected chi connectivity index (χ2v) is 2.57. The molecule has 1 rings (SSSR count). The number of hydrogen-bond acceptors (Lipinski definition) is 2. The first-order valence-electron chi connectivity index (χ1n) is 4.21. The zero-order valence-corrected chi connectivity index (χ0v) is 7.56. The van der Waals surface area contributed by atoms with E-state index >= 15 is 0 Å². The molecule has 0 amide bonds. The Morgan fingerprint density at radius 3 is 2.64 bits per heavy atom. The van der Waals surface area contributed by atoms with E-state index in [4.69, 9.17) is 10.3 Å². The van der Waals surface area contributed by atoms with E-state index in [0.29, 0.717) is 24.5 Å². The summed E-state index contributed by atoms with van der Waals surface area (Å²) >= 11 is 0. The van der Waals surface area contributed by atoms with Crippen LogP contribution in [0.5, 0.6) is 5.75 Å². The Morgan fingerprint density at radius 1 is 1.36 bits per heavy atom. The topological polar surface area (TPSA) is 58.0 Å². The zero-order chi connectivity index (χ0) is 10.2. The van der Waals surface area contributed by atoms with Gasteiger partial charge in [0, 0.05) is 17.0 Å². The molecule has 0 bridgehead atoms. The molecule has 0 fully saturated rings. The van der Waals surface area contributed by atoms with Gasteiger partial charge in [0.1, 0.15) is 5.75 Å². The molecular formula is C9H10FN3O. The molecule has 4 nitrogen and oxygen atoms in total. The Labute approximate surface area is 80.9 Å². The SMILES string of the molecule is [N-]=[N+]=Nc1ccc(OCCC[18F])cc1. The van der Waals surface area contributed by atoms with Crippen molar-refractivity contribution in [3.05, 3.63) is 34.7 Å². The molecule has 5 heteroatoms. The van der Waals surface area contributed by atoms with Gasteiger partial charge in [-0.2, -0.15) is 0 Å². The summed E-state index contributed by atoms with van der Waals surface area (Å²) in [7, 11) is 0. The molecule has 0 aromatic heterocycles. The molecule has 74 valence electrons. The second-order valence-electron chi connectivity index (χ2n) is 2.57.